The molecule has 154 valence electrons. The lowest BCUT2D eigenvalue weighted by Crippen LogP contribution is -2.85. The molecule has 2 aromatic carbocycles. The van der Waals surface area contributed by atoms with E-state index in [2.05, 4.69) is 6.07 Å². The van der Waals surface area contributed by atoms with E-state index in [4.69, 9.17) is 5.26 Å². The molecule has 2 saturated heterocycles. The number of carbonyl (C=O) groups is 2. The zero-order valence-electron chi connectivity index (χ0n) is 17.2. The Balaban J connectivity index is 1.61. The van der Waals surface area contributed by atoms with Gasteiger partial charge < -0.3 is 14.9 Å². The molecule has 6 nitrogen and oxygen atoms in total. The van der Waals surface area contributed by atoms with Crippen LogP contribution < -0.4 is 0 Å². The van der Waals surface area contributed by atoms with Crippen molar-refractivity contribution in [3.63, 3.8) is 0 Å². The summed E-state index contributed by atoms with van der Waals surface area (Å²) in [5, 5.41) is 19.0. The zero-order valence-corrected chi connectivity index (χ0v) is 17.2. The van der Waals surface area contributed by atoms with Crippen LogP contribution in [0.25, 0.3) is 11.1 Å². The molecular weight excluding hydrogens is 378 g/mol. The van der Waals surface area contributed by atoms with Gasteiger partial charge in [-0.25, -0.2) is 0 Å². The molecule has 1 N–H and O–H groups in total. The van der Waals surface area contributed by atoms with Crippen molar-refractivity contribution in [1.82, 2.24) is 9.80 Å². The number of carbonyl (C=O) groups excluding carboxylic acids is 2. The highest BCUT2D eigenvalue weighted by atomic mass is 16.3. The number of nitriles is 1. The average Bonchev–Trinajstić information content (AvgIpc) is 2.72. The highest BCUT2D eigenvalue weighted by Crippen LogP contribution is 2.54. The molecule has 0 aliphatic carbocycles. The van der Waals surface area contributed by atoms with Gasteiger partial charge in [0.15, 0.2) is 0 Å². The lowest BCUT2D eigenvalue weighted by atomic mass is 9.60. The zero-order chi connectivity index (χ0) is 21.5. The van der Waals surface area contributed by atoms with E-state index in [1.807, 2.05) is 43.3 Å². The van der Waals surface area contributed by atoms with Gasteiger partial charge in [0.25, 0.3) is 0 Å². The molecule has 2 aliphatic rings. The quantitative estimate of drug-likeness (QED) is 0.850. The Morgan fingerprint density at radius 1 is 1.10 bits per heavy atom. The number of aliphatic hydroxyl groups is 1. The molecule has 0 unspecified atom stereocenters. The molecule has 2 heterocycles. The van der Waals surface area contributed by atoms with Gasteiger partial charge in [0.1, 0.15) is 0 Å². The van der Waals surface area contributed by atoms with Crippen LogP contribution in [0.5, 0.6) is 0 Å². The summed E-state index contributed by atoms with van der Waals surface area (Å²) in [5.74, 6) is 0.0110. The maximum Gasteiger partial charge on any atom is 0.222 e. The third kappa shape index (κ3) is 2.98. The Hall–Kier alpha value is -3.17. The largest absolute Gasteiger partial charge is 0.394 e. The van der Waals surface area contributed by atoms with Crippen molar-refractivity contribution in [2.24, 2.45) is 0 Å². The number of likely N-dealkylation sites (tertiary alicyclic amines) is 2. The Kier molecular flexibility index (Phi) is 5.08. The first kappa shape index (κ1) is 20.1. The Labute approximate surface area is 176 Å². The minimum Gasteiger partial charge on any atom is -0.394 e. The maximum absolute atomic E-state index is 12.3. The van der Waals surface area contributed by atoms with Crippen molar-refractivity contribution in [2.75, 3.05) is 19.7 Å². The average molecular weight is 403 g/mol. The molecule has 2 fully saturated rings. The first-order chi connectivity index (χ1) is 14.4. The van der Waals surface area contributed by atoms with Crippen LogP contribution in [-0.2, 0) is 9.59 Å². The van der Waals surface area contributed by atoms with Crippen molar-refractivity contribution in [3.8, 4) is 17.2 Å². The van der Waals surface area contributed by atoms with Gasteiger partial charge in [-0.05, 0) is 28.8 Å². The van der Waals surface area contributed by atoms with Gasteiger partial charge >= 0.3 is 0 Å². The van der Waals surface area contributed by atoms with Crippen LogP contribution in [0, 0.1) is 11.3 Å². The molecule has 2 aliphatic heterocycles. The molecule has 2 amide bonds. The molecule has 6 heteroatoms. The molecule has 0 aromatic heterocycles. The molecule has 2 atom stereocenters. The number of rotatable bonds is 4. The van der Waals surface area contributed by atoms with Crippen LogP contribution in [0.3, 0.4) is 0 Å². The van der Waals surface area contributed by atoms with Crippen molar-refractivity contribution in [2.45, 2.75) is 37.8 Å². The first-order valence-corrected chi connectivity index (χ1v) is 10.2. The topological polar surface area (TPSA) is 84.6 Å². The molecule has 0 saturated carbocycles. The smallest absolute Gasteiger partial charge is 0.222 e. The number of benzene rings is 2. The Morgan fingerprint density at radius 3 is 2.13 bits per heavy atom. The van der Waals surface area contributed by atoms with Crippen molar-refractivity contribution < 1.29 is 14.7 Å². The second-order valence-corrected chi connectivity index (χ2v) is 8.13. The van der Waals surface area contributed by atoms with Crippen LogP contribution in [-0.4, -0.2) is 58.0 Å². The second-order valence-electron chi connectivity index (χ2n) is 8.13. The molecule has 1 spiro atoms. The predicted molar refractivity (Wildman–Crippen MR) is 112 cm³/mol. The molecule has 30 heavy (non-hydrogen) atoms. The van der Waals surface area contributed by atoms with Crippen LogP contribution in [0.1, 0.15) is 37.3 Å². The van der Waals surface area contributed by atoms with Gasteiger partial charge in [0, 0.05) is 32.4 Å². The highest BCUT2D eigenvalue weighted by molar-refractivity contribution is 5.81. The van der Waals surface area contributed by atoms with E-state index in [1.54, 1.807) is 21.9 Å². The van der Waals surface area contributed by atoms with E-state index >= 15 is 0 Å². The predicted octanol–water partition coefficient (Wildman–Crippen LogP) is 2.52. The third-order valence-electron chi connectivity index (χ3n) is 6.50. The van der Waals surface area contributed by atoms with Gasteiger partial charge in [0.2, 0.25) is 11.8 Å². The van der Waals surface area contributed by atoms with Crippen molar-refractivity contribution >= 4 is 11.8 Å². The Bertz CT molecular complexity index is 1000. The fourth-order valence-electron chi connectivity index (χ4n) is 5.16. The van der Waals surface area contributed by atoms with Gasteiger partial charge in [-0.2, -0.15) is 5.26 Å². The normalized spacial score (nSPS) is 21.5. The van der Waals surface area contributed by atoms with E-state index < -0.39 is 5.54 Å². The fraction of sp³-hybridized carbons (Fsp3) is 0.375. The van der Waals surface area contributed by atoms with Crippen molar-refractivity contribution in [1.29, 1.82) is 5.26 Å². The number of aliphatic hydroxyl groups excluding tert-OH is 1. The number of hydrogen-bond donors (Lipinski definition) is 1. The number of amides is 2. The van der Waals surface area contributed by atoms with E-state index in [1.165, 1.54) is 6.92 Å². The summed E-state index contributed by atoms with van der Waals surface area (Å²) in [4.78, 5) is 28.0. The van der Waals surface area contributed by atoms with Crippen LogP contribution in [0.15, 0.2) is 48.5 Å². The molecule has 0 bridgehead atoms. The van der Waals surface area contributed by atoms with Gasteiger partial charge in [0.05, 0.1) is 29.8 Å². The minimum absolute atomic E-state index is 0.0117. The van der Waals surface area contributed by atoms with Crippen LogP contribution in [0.4, 0.5) is 0 Å². The maximum atomic E-state index is 12.3. The summed E-state index contributed by atoms with van der Waals surface area (Å²) >= 11 is 0. The monoisotopic (exact) mass is 403 g/mol. The van der Waals surface area contributed by atoms with E-state index in [0.717, 1.165) is 16.7 Å². The lowest BCUT2D eigenvalue weighted by Gasteiger charge is -2.70. The van der Waals surface area contributed by atoms with Gasteiger partial charge in [-0.15, -0.1) is 0 Å². The summed E-state index contributed by atoms with van der Waals surface area (Å²) in [7, 11) is 0. The highest BCUT2D eigenvalue weighted by Gasteiger charge is 2.67. The molecule has 4 rings (SSSR count). The van der Waals surface area contributed by atoms with E-state index in [0.29, 0.717) is 25.1 Å². The lowest BCUT2D eigenvalue weighted by molar-refractivity contribution is -0.201. The van der Waals surface area contributed by atoms with Crippen LogP contribution in [0.2, 0.25) is 0 Å². The minimum atomic E-state index is -0.431. The standard InChI is InChI=1S/C24H25N3O3/c1-3-22(30)26-14-24(15-26)23(21(13-28)27(24)16(2)29)20-10-8-19(9-11-20)18-6-4-17(12-25)5-7-18/h4-11,21,23,28H,3,13-15H2,1-2H3/t21-,23+/m1/s1. The number of hydrogen-bond acceptors (Lipinski definition) is 4. The van der Waals surface area contributed by atoms with E-state index in [-0.39, 0.29) is 30.4 Å². The molecule has 0 radical (unpaired) electrons. The van der Waals surface area contributed by atoms with Crippen LogP contribution >= 0.6 is 0 Å². The van der Waals surface area contributed by atoms with Gasteiger partial charge in [-0.1, -0.05) is 43.3 Å². The van der Waals surface area contributed by atoms with E-state index in [9.17, 15) is 14.7 Å². The summed E-state index contributed by atoms with van der Waals surface area (Å²) in [6.45, 7) is 4.28. The first-order valence-electron chi connectivity index (χ1n) is 10.2. The SMILES string of the molecule is CCC(=O)N1CC2(C1)[C@@H](c1ccc(-c3ccc(C#N)cc3)cc1)[C@@H](CO)N2C(C)=O. The second kappa shape index (κ2) is 7.58. The summed E-state index contributed by atoms with van der Waals surface area (Å²) < 4.78 is 0. The number of nitrogens with zero attached hydrogens (tertiary/aromatic N) is 3. The summed E-state index contributed by atoms with van der Waals surface area (Å²) in [5.41, 5.74) is 3.32. The Morgan fingerprint density at radius 2 is 1.67 bits per heavy atom. The van der Waals surface area contributed by atoms with Gasteiger partial charge in [-0.3, -0.25) is 9.59 Å². The summed E-state index contributed by atoms with van der Waals surface area (Å²) in [6, 6.07) is 17.4. The summed E-state index contributed by atoms with van der Waals surface area (Å²) in [6.07, 6.45) is 0.448. The molecule has 2 aromatic rings. The third-order valence-corrected chi connectivity index (χ3v) is 6.50. The molecular formula is C24H25N3O3. The van der Waals surface area contributed by atoms with Crippen molar-refractivity contribution in [3.05, 3.63) is 59.7 Å². The fourth-order valence-corrected chi connectivity index (χ4v) is 5.16.